The van der Waals surface area contributed by atoms with Crippen molar-refractivity contribution in [3.05, 3.63) is 65.4 Å². The molecule has 1 aliphatic heterocycles. The third-order valence-corrected chi connectivity index (χ3v) is 6.27. The largest absolute Gasteiger partial charge is 0.506 e. The Morgan fingerprint density at radius 3 is 2.46 bits per heavy atom. The topological polar surface area (TPSA) is 57.6 Å². The van der Waals surface area contributed by atoms with Gasteiger partial charge in [-0.15, -0.1) is 0 Å². The van der Waals surface area contributed by atoms with Crippen LogP contribution in [0.25, 0.3) is 6.08 Å². The predicted octanol–water partition coefficient (Wildman–Crippen LogP) is 6.46. The summed E-state index contributed by atoms with van der Waals surface area (Å²) < 4.78 is 1.19. The van der Waals surface area contributed by atoms with Gasteiger partial charge in [-0.3, -0.25) is 14.5 Å². The van der Waals surface area contributed by atoms with Crippen LogP contribution < -0.4 is 0 Å². The van der Waals surface area contributed by atoms with E-state index in [-0.39, 0.29) is 17.2 Å². The quantitative estimate of drug-likeness (QED) is 0.456. The second-order valence-electron chi connectivity index (χ2n) is 5.29. The summed E-state index contributed by atoms with van der Waals surface area (Å²) in [7, 11) is 0. The fraction of sp³-hybridized carbons (Fsp3) is 0.0588. The van der Waals surface area contributed by atoms with E-state index in [1.54, 1.807) is 30.3 Å². The molecule has 1 fully saturated rings. The highest BCUT2D eigenvalue weighted by Gasteiger charge is 2.36. The standard InChI is InChI=1S/C17H9Br2Cl2NO3S/c18-9-4-8(15(23)11(19)6-9)5-14-16(24)22(17(25)26-14)7-10-12(20)2-1-3-13(10)21/h1-6,23H,7H2/b14-5-. The van der Waals surface area contributed by atoms with Gasteiger partial charge in [-0.2, -0.15) is 0 Å². The minimum atomic E-state index is -0.466. The summed E-state index contributed by atoms with van der Waals surface area (Å²) in [5.41, 5.74) is 0.917. The van der Waals surface area contributed by atoms with E-state index in [1.807, 2.05) is 0 Å². The van der Waals surface area contributed by atoms with E-state index in [0.29, 0.717) is 25.6 Å². The van der Waals surface area contributed by atoms with Gasteiger partial charge in [0.25, 0.3) is 11.1 Å². The number of carbonyl (C=O) groups excluding carboxylic acids is 2. The van der Waals surface area contributed by atoms with Crippen LogP contribution in [0, 0.1) is 0 Å². The van der Waals surface area contributed by atoms with E-state index in [9.17, 15) is 14.7 Å². The number of aromatic hydroxyl groups is 1. The van der Waals surface area contributed by atoms with Crippen molar-refractivity contribution in [2.75, 3.05) is 0 Å². The zero-order valence-electron chi connectivity index (χ0n) is 12.8. The van der Waals surface area contributed by atoms with Crippen molar-refractivity contribution >= 4 is 84.0 Å². The number of imide groups is 1. The van der Waals surface area contributed by atoms with Crippen LogP contribution in [0.3, 0.4) is 0 Å². The molecule has 2 amide bonds. The first-order chi connectivity index (χ1) is 12.3. The van der Waals surface area contributed by atoms with Crippen molar-refractivity contribution in [1.82, 2.24) is 4.90 Å². The Kier molecular flexibility index (Phi) is 6.04. The van der Waals surface area contributed by atoms with Crippen molar-refractivity contribution in [3.63, 3.8) is 0 Å². The highest BCUT2D eigenvalue weighted by molar-refractivity contribution is 9.11. The minimum Gasteiger partial charge on any atom is -0.506 e. The maximum atomic E-state index is 12.7. The van der Waals surface area contributed by atoms with Crippen LogP contribution in [-0.4, -0.2) is 21.2 Å². The number of nitrogens with zero attached hydrogens (tertiary/aromatic N) is 1. The molecule has 1 N–H and O–H groups in total. The Morgan fingerprint density at radius 1 is 1.15 bits per heavy atom. The Hall–Kier alpha value is -0.990. The SMILES string of the molecule is O=C1S/C(=C\c2cc(Br)cc(Br)c2O)C(=O)N1Cc1c(Cl)cccc1Cl. The number of hydrogen-bond donors (Lipinski definition) is 1. The molecule has 26 heavy (non-hydrogen) atoms. The van der Waals surface area contributed by atoms with E-state index in [2.05, 4.69) is 31.9 Å². The number of thioether (sulfide) groups is 1. The first kappa shape index (κ1) is 19.8. The fourth-order valence-electron chi connectivity index (χ4n) is 2.31. The normalized spacial score (nSPS) is 16.0. The lowest BCUT2D eigenvalue weighted by Gasteiger charge is -2.14. The zero-order chi connectivity index (χ0) is 19.0. The van der Waals surface area contributed by atoms with Crippen LogP contribution in [-0.2, 0) is 11.3 Å². The second-order valence-corrected chi connectivity index (χ2v) is 8.87. The number of amides is 2. The number of halogens is 4. The van der Waals surface area contributed by atoms with Gasteiger partial charge in [0.1, 0.15) is 5.75 Å². The summed E-state index contributed by atoms with van der Waals surface area (Å²) >= 11 is 19.6. The first-order valence-electron chi connectivity index (χ1n) is 7.14. The van der Waals surface area contributed by atoms with Crippen molar-refractivity contribution in [1.29, 1.82) is 0 Å². The third-order valence-electron chi connectivity index (χ3n) is 3.60. The maximum absolute atomic E-state index is 12.7. The molecule has 0 radical (unpaired) electrons. The second kappa shape index (κ2) is 7.94. The van der Waals surface area contributed by atoms with E-state index in [4.69, 9.17) is 23.2 Å². The van der Waals surface area contributed by atoms with Crippen LogP contribution in [0.15, 0.2) is 44.2 Å². The molecular weight excluding hydrogens is 529 g/mol. The first-order valence-corrected chi connectivity index (χ1v) is 10.3. The molecule has 134 valence electrons. The summed E-state index contributed by atoms with van der Waals surface area (Å²) in [5.74, 6) is -0.486. The monoisotopic (exact) mass is 535 g/mol. The van der Waals surface area contributed by atoms with Gasteiger partial charge >= 0.3 is 0 Å². The average Bonchev–Trinajstić information content (AvgIpc) is 2.82. The summed E-state index contributed by atoms with van der Waals surface area (Å²) in [6, 6.07) is 8.32. The third kappa shape index (κ3) is 3.97. The summed E-state index contributed by atoms with van der Waals surface area (Å²) in [6.07, 6.45) is 1.48. The number of rotatable bonds is 3. The van der Waals surface area contributed by atoms with E-state index in [1.165, 1.54) is 6.08 Å². The lowest BCUT2D eigenvalue weighted by atomic mass is 10.1. The van der Waals surface area contributed by atoms with Crippen molar-refractivity contribution in [2.24, 2.45) is 0 Å². The molecule has 0 unspecified atom stereocenters. The Balaban J connectivity index is 1.92. The molecule has 9 heteroatoms. The molecule has 0 atom stereocenters. The molecule has 3 rings (SSSR count). The molecule has 0 saturated carbocycles. The van der Waals surface area contributed by atoms with E-state index >= 15 is 0 Å². The number of phenolic OH excluding ortho intramolecular Hbond substituents is 1. The number of benzene rings is 2. The fourth-order valence-corrected chi connectivity index (χ4v) is 4.92. The van der Waals surface area contributed by atoms with Crippen LogP contribution in [0.1, 0.15) is 11.1 Å². The predicted molar refractivity (Wildman–Crippen MR) is 111 cm³/mol. The molecule has 2 aromatic rings. The molecule has 1 aliphatic rings. The van der Waals surface area contributed by atoms with Gasteiger partial charge in [0.15, 0.2) is 0 Å². The Labute approximate surface area is 180 Å². The summed E-state index contributed by atoms with van der Waals surface area (Å²) in [6.45, 7) is -0.0192. The summed E-state index contributed by atoms with van der Waals surface area (Å²) in [5, 5.41) is 10.5. The van der Waals surface area contributed by atoms with Crippen LogP contribution in [0.4, 0.5) is 4.79 Å². The number of phenols is 1. The summed E-state index contributed by atoms with van der Waals surface area (Å²) in [4.78, 5) is 26.2. The van der Waals surface area contributed by atoms with Gasteiger partial charge in [0.05, 0.1) is 15.9 Å². The zero-order valence-corrected chi connectivity index (χ0v) is 18.3. The van der Waals surface area contributed by atoms with Gasteiger partial charge in [-0.1, -0.05) is 45.2 Å². The van der Waals surface area contributed by atoms with Crippen molar-refractivity contribution in [2.45, 2.75) is 6.54 Å². The highest BCUT2D eigenvalue weighted by Crippen LogP contribution is 2.38. The van der Waals surface area contributed by atoms with Gasteiger partial charge in [0, 0.05) is 25.6 Å². The maximum Gasteiger partial charge on any atom is 0.293 e. The van der Waals surface area contributed by atoms with Crippen LogP contribution in [0.2, 0.25) is 10.0 Å². The molecule has 0 spiro atoms. The van der Waals surface area contributed by atoms with Crippen LogP contribution >= 0.6 is 66.8 Å². The Bertz CT molecular complexity index is 945. The molecule has 1 heterocycles. The molecular formula is C17H9Br2Cl2NO3S. The highest BCUT2D eigenvalue weighted by atomic mass is 79.9. The van der Waals surface area contributed by atoms with Gasteiger partial charge in [0.2, 0.25) is 0 Å². The van der Waals surface area contributed by atoms with Crippen molar-refractivity contribution < 1.29 is 14.7 Å². The van der Waals surface area contributed by atoms with Gasteiger partial charge in [-0.05, 0) is 58.0 Å². The molecule has 0 aliphatic carbocycles. The number of carbonyl (C=O) groups is 2. The van der Waals surface area contributed by atoms with Crippen LogP contribution in [0.5, 0.6) is 5.75 Å². The van der Waals surface area contributed by atoms with Gasteiger partial charge < -0.3 is 5.11 Å². The average molecular weight is 538 g/mol. The Morgan fingerprint density at radius 2 is 1.81 bits per heavy atom. The van der Waals surface area contributed by atoms with Crippen molar-refractivity contribution in [3.8, 4) is 5.75 Å². The lowest BCUT2D eigenvalue weighted by Crippen LogP contribution is -2.27. The molecule has 4 nitrogen and oxygen atoms in total. The van der Waals surface area contributed by atoms with E-state index < -0.39 is 11.1 Å². The molecule has 1 saturated heterocycles. The lowest BCUT2D eigenvalue weighted by molar-refractivity contribution is -0.123. The van der Waals surface area contributed by atoms with E-state index in [0.717, 1.165) is 21.1 Å². The smallest absolute Gasteiger partial charge is 0.293 e. The molecule has 2 aromatic carbocycles. The minimum absolute atomic E-state index is 0.0192. The van der Waals surface area contributed by atoms with Gasteiger partial charge in [-0.25, -0.2) is 0 Å². The molecule has 0 aromatic heterocycles. The number of hydrogen-bond acceptors (Lipinski definition) is 4. The molecule has 0 bridgehead atoms.